The zero-order valence-corrected chi connectivity index (χ0v) is 9.87. The summed E-state index contributed by atoms with van der Waals surface area (Å²) < 4.78 is 4.83. The summed E-state index contributed by atoms with van der Waals surface area (Å²) >= 11 is 1.18. The van der Waals surface area contributed by atoms with E-state index in [4.69, 9.17) is 4.74 Å². The molecule has 1 rings (SSSR count). The molecule has 0 aliphatic rings. The Kier molecular flexibility index (Phi) is 4.23. The fraction of sp³-hybridized carbons (Fsp3) is 0.600. The topological polar surface area (TPSA) is 59.4 Å². The lowest BCUT2D eigenvalue weighted by Gasteiger charge is -2.10. The fourth-order valence-electron chi connectivity index (χ4n) is 1.01. The minimum absolute atomic E-state index is 0.0891. The first-order chi connectivity index (χ1) is 7.06. The number of aromatic nitrogens is 1. The summed E-state index contributed by atoms with van der Waals surface area (Å²) in [6, 6.07) is 0. The van der Waals surface area contributed by atoms with Crippen LogP contribution < -0.4 is 0 Å². The van der Waals surface area contributed by atoms with Gasteiger partial charge in [-0.1, -0.05) is 13.8 Å². The van der Waals surface area contributed by atoms with Gasteiger partial charge in [0.15, 0.2) is 0 Å². The molecule has 0 radical (unpaired) electrons. The summed E-state index contributed by atoms with van der Waals surface area (Å²) in [7, 11) is 0. The molecule has 0 spiro atoms. The van der Waals surface area contributed by atoms with Crippen molar-refractivity contribution >= 4 is 17.3 Å². The van der Waals surface area contributed by atoms with Crippen molar-refractivity contribution in [2.45, 2.75) is 26.9 Å². The summed E-state index contributed by atoms with van der Waals surface area (Å²) in [6.45, 7) is 5.90. The lowest BCUT2D eigenvalue weighted by Crippen LogP contribution is -2.04. The Labute approximate surface area is 92.9 Å². The number of ether oxygens (including phenoxy) is 1. The average Bonchev–Trinajstić information content (AvgIpc) is 2.65. The number of rotatable bonds is 4. The number of nitrogens with zero attached hydrogens (tertiary/aromatic N) is 1. The lowest BCUT2D eigenvalue weighted by molar-refractivity contribution is 0.0532. The minimum atomic E-state index is -0.613. The molecule has 5 heteroatoms. The molecule has 0 amide bonds. The summed E-state index contributed by atoms with van der Waals surface area (Å²) in [6.07, 6.45) is 0.835. The molecule has 1 unspecified atom stereocenters. The fourth-order valence-corrected chi connectivity index (χ4v) is 1.98. The highest BCUT2D eigenvalue weighted by atomic mass is 32.1. The Morgan fingerprint density at radius 1 is 1.67 bits per heavy atom. The van der Waals surface area contributed by atoms with Gasteiger partial charge in [-0.15, -0.1) is 11.3 Å². The number of hydrogen-bond donors (Lipinski definition) is 1. The van der Waals surface area contributed by atoms with E-state index >= 15 is 0 Å². The van der Waals surface area contributed by atoms with E-state index in [0.29, 0.717) is 16.5 Å². The van der Waals surface area contributed by atoms with Gasteiger partial charge in [0.05, 0.1) is 12.8 Å². The molecule has 84 valence electrons. The molecule has 1 aromatic heterocycles. The third-order valence-corrected chi connectivity index (χ3v) is 2.93. The van der Waals surface area contributed by atoms with Crippen LogP contribution in [0, 0.1) is 5.92 Å². The summed E-state index contributed by atoms with van der Waals surface area (Å²) in [4.78, 5) is 15.8. The van der Waals surface area contributed by atoms with Crippen molar-refractivity contribution < 1.29 is 14.6 Å². The van der Waals surface area contributed by atoms with Crippen LogP contribution in [-0.2, 0) is 4.74 Å². The van der Waals surface area contributed by atoms with Crippen molar-refractivity contribution in [3.05, 3.63) is 16.1 Å². The monoisotopic (exact) mass is 229 g/mol. The molecule has 0 aromatic carbocycles. The van der Waals surface area contributed by atoms with Gasteiger partial charge < -0.3 is 9.84 Å². The van der Waals surface area contributed by atoms with Crippen LogP contribution in [0.3, 0.4) is 0 Å². The quantitative estimate of drug-likeness (QED) is 0.802. The first kappa shape index (κ1) is 12.1. The van der Waals surface area contributed by atoms with E-state index in [9.17, 15) is 9.90 Å². The van der Waals surface area contributed by atoms with Crippen LogP contribution in [0.1, 0.15) is 41.6 Å². The van der Waals surface area contributed by atoms with Crippen LogP contribution in [0.4, 0.5) is 0 Å². The Bertz CT molecular complexity index is 335. The van der Waals surface area contributed by atoms with Crippen LogP contribution in [0.15, 0.2) is 6.20 Å². The molecule has 0 aliphatic carbocycles. The molecule has 4 nitrogen and oxygen atoms in total. The molecule has 0 aliphatic heterocycles. The average molecular weight is 229 g/mol. The van der Waals surface area contributed by atoms with Gasteiger partial charge in [-0.2, -0.15) is 0 Å². The molecule has 1 heterocycles. The minimum Gasteiger partial charge on any atom is -0.462 e. The van der Waals surface area contributed by atoms with Crippen molar-refractivity contribution in [2.24, 2.45) is 5.92 Å². The second-order valence-electron chi connectivity index (χ2n) is 3.47. The molecule has 1 aromatic rings. The first-order valence-corrected chi connectivity index (χ1v) is 5.68. The maximum absolute atomic E-state index is 11.3. The van der Waals surface area contributed by atoms with Crippen molar-refractivity contribution in [2.75, 3.05) is 6.61 Å². The highest BCUT2D eigenvalue weighted by Crippen LogP contribution is 2.25. The normalized spacial score (nSPS) is 12.9. The van der Waals surface area contributed by atoms with E-state index in [2.05, 4.69) is 4.98 Å². The van der Waals surface area contributed by atoms with E-state index in [-0.39, 0.29) is 11.9 Å². The predicted octanol–water partition coefficient (Wildman–Crippen LogP) is 2.01. The number of aliphatic hydroxyl groups is 1. The highest BCUT2D eigenvalue weighted by molar-refractivity contribution is 7.13. The molecule has 0 saturated heterocycles. The van der Waals surface area contributed by atoms with Gasteiger partial charge in [-0.05, 0) is 12.8 Å². The van der Waals surface area contributed by atoms with Crippen LogP contribution in [0.5, 0.6) is 0 Å². The van der Waals surface area contributed by atoms with Gasteiger partial charge in [0, 0.05) is 0 Å². The van der Waals surface area contributed by atoms with Crippen LogP contribution in [0.25, 0.3) is 0 Å². The number of esters is 1. The second-order valence-corrected chi connectivity index (χ2v) is 4.53. The third-order valence-electron chi connectivity index (χ3n) is 1.88. The standard InChI is InChI=1S/C10H15NO3S/c1-4-14-10(13)7-5-11-9(15-7)8(12)6(2)3/h5-6,8,12H,4H2,1-3H3. The molecular weight excluding hydrogens is 214 g/mol. The van der Waals surface area contributed by atoms with E-state index in [0.717, 1.165) is 0 Å². The molecule has 1 N–H and O–H groups in total. The number of hydrogen-bond acceptors (Lipinski definition) is 5. The molecule has 15 heavy (non-hydrogen) atoms. The van der Waals surface area contributed by atoms with Gasteiger partial charge in [-0.25, -0.2) is 9.78 Å². The SMILES string of the molecule is CCOC(=O)c1cnc(C(O)C(C)C)s1. The Morgan fingerprint density at radius 3 is 2.87 bits per heavy atom. The van der Waals surface area contributed by atoms with Gasteiger partial charge in [0.2, 0.25) is 0 Å². The maximum atomic E-state index is 11.3. The molecule has 0 fully saturated rings. The summed E-state index contributed by atoms with van der Waals surface area (Å²) in [5.74, 6) is -0.289. The Morgan fingerprint density at radius 2 is 2.33 bits per heavy atom. The number of carbonyl (C=O) groups excluding carboxylic acids is 1. The smallest absolute Gasteiger partial charge is 0.349 e. The summed E-state index contributed by atoms with van der Waals surface area (Å²) in [5, 5.41) is 10.3. The zero-order valence-electron chi connectivity index (χ0n) is 9.06. The highest BCUT2D eigenvalue weighted by Gasteiger charge is 2.18. The largest absolute Gasteiger partial charge is 0.462 e. The molecule has 0 saturated carbocycles. The van der Waals surface area contributed by atoms with Crippen LogP contribution in [0.2, 0.25) is 0 Å². The third kappa shape index (κ3) is 3.00. The van der Waals surface area contributed by atoms with E-state index in [1.165, 1.54) is 17.5 Å². The van der Waals surface area contributed by atoms with E-state index in [1.54, 1.807) is 6.92 Å². The summed E-state index contributed by atoms with van der Waals surface area (Å²) in [5.41, 5.74) is 0. The Hall–Kier alpha value is -0.940. The zero-order chi connectivity index (χ0) is 11.4. The van der Waals surface area contributed by atoms with Crippen molar-refractivity contribution in [3.8, 4) is 0 Å². The van der Waals surface area contributed by atoms with Crippen molar-refractivity contribution in [1.82, 2.24) is 4.98 Å². The van der Waals surface area contributed by atoms with Crippen LogP contribution in [-0.4, -0.2) is 22.7 Å². The van der Waals surface area contributed by atoms with Crippen molar-refractivity contribution in [3.63, 3.8) is 0 Å². The predicted molar refractivity (Wildman–Crippen MR) is 57.9 cm³/mol. The lowest BCUT2D eigenvalue weighted by atomic mass is 10.1. The number of carbonyl (C=O) groups is 1. The molecular formula is C10H15NO3S. The number of aliphatic hydroxyl groups excluding tert-OH is 1. The van der Waals surface area contributed by atoms with Crippen LogP contribution >= 0.6 is 11.3 Å². The van der Waals surface area contributed by atoms with E-state index in [1.807, 2.05) is 13.8 Å². The maximum Gasteiger partial charge on any atom is 0.349 e. The Balaban J connectivity index is 2.76. The van der Waals surface area contributed by atoms with Gasteiger partial charge >= 0.3 is 5.97 Å². The van der Waals surface area contributed by atoms with Crippen molar-refractivity contribution in [1.29, 1.82) is 0 Å². The second kappa shape index (κ2) is 5.23. The van der Waals surface area contributed by atoms with Gasteiger partial charge in [-0.3, -0.25) is 0 Å². The van der Waals surface area contributed by atoms with Gasteiger partial charge in [0.1, 0.15) is 16.0 Å². The number of thiazole rings is 1. The van der Waals surface area contributed by atoms with E-state index < -0.39 is 6.10 Å². The van der Waals surface area contributed by atoms with Gasteiger partial charge in [0.25, 0.3) is 0 Å². The molecule has 0 bridgehead atoms. The molecule has 1 atom stereocenters. The first-order valence-electron chi connectivity index (χ1n) is 4.87.